The van der Waals surface area contributed by atoms with Gasteiger partial charge < -0.3 is 15.5 Å². The average Bonchev–Trinajstić information content (AvgIpc) is 2.46. The normalized spacial score (nSPS) is 13.3. The highest BCUT2D eigenvalue weighted by Gasteiger charge is 2.14. The largest absolute Gasteiger partial charge is 0.357 e. The number of benzene rings is 1. The summed E-state index contributed by atoms with van der Waals surface area (Å²) in [5.74, 6) is 0.617. The fraction of sp³-hybridized carbons (Fsp3) is 0.562. The monoisotopic (exact) mass is 294 g/mol. The molecule has 118 valence electrons. The summed E-state index contributed by atoms with van der Waals surface area (Å²) in [5.41, 5.74) is 1.07. The van der Waals surface area contributed by atoms with E-state index >= 15 is 0 Å². The van der Waals surface area contributed by atoms with Crippen molar-refractivity contribution < 1.29 is 4.39 Å². The quantitative estimate of drug-likeness (QED) is 0.599. The van der Waals surface area contributed by atoms with Crippen LogP contribution in [0.2, 0.25) is 0 Å². The molecule has 1 rings (SSSR count). The van der Waals surface area contributed by atoms with Crippen molar-refractivity contribution >= 4 is 5.96 Å². The van der Waals surface area contributed by atoms with Crippen LogP contribution in [0.15, 0.2) is 29.3 Å². The van der Waals surface area contributed by atoms with Gasteiger partial charge in [-0.1, -0.05) is 19.1 Å². The predicted molar refractivity (Wildman–Crippen MR) is 87.1 cm³/mol. The third kappa shape index (κ3) is 6.12. The second-order valence-corrected chi connectivity index (χ2v) is 5.18. The molecule has 0 aliphatic heterocycles. The van der Waals surface area contributed by atoms with Crippen LogP contribution in [-0.4, -0.2) is 44.6 Å². The Labute approximate surface area is 127 Å². The third-order valence-electron chi connectivity index (χ3n) is 3.19. The van der Waals surface area contributed by atoms with Crippen LogP contribution >= 0.6 is 0 Å². The molecule has 0 saturated heterocycles. The molecule has 0 amide bonds. The lowest BCUT2D eigenvalue weighted by Gasteiger charge is -2.23. The second-order valence-electron chi connectivity index (χ2n) is 5.18. The lowest BCUT2D eigenvalue weighted by Crippen LogP contribution is -2.38. The van der Waals surface area contributed by atoms with Gasteiger partial charge >= 0.3 is 0 Å². The third-order valence-corrected chi connectivity index (χ3v) is 3.19. The van der Waals surface area contributed by atoms with Gasteiger partial charge in [0.1, 0.15) is 5.82 Å². The molecule has 0 fully saturated rings. The lowest BCUT2D eigenvalue weighted by atomic mass is 10.1. The average molecular weight is 294 g/mol. The number of aliphatic imine (C=N–C) groups is 1. The molecule has 0 heterocycles. The van der Waals surface area contributed by atoms with Crippen molar-refractivity contribution in [1.29, 1.82) is 0 Å². The van der Waals surface area contributed by atoms with Gasteiger partial charge in [-0.3, -0.25) is 4.99 Å². The van der Waals surface area contributed by atoms with Gasteiger partial charge in [0.25, 0.3) is 0 Å². The van der Waals surface area contributed by atoms with E-state index in [4.69, 9.17) is 0 Å². The van der Waals surface area contributed by atoms with E-state index in [1.54, 1.807) is 0 Å². The van der Waals surface area contributed by atoms with Gasteiger partial charge in [-0.2, -0.15) is 0 Å². The van der Waals surface area contributed by atoms with Crippen molar-refractivity contribution in [3.05, 3.63) is 35.6 Å². The summed E-state index contributed by atoms with van der Waals surface area (Å²) >= 11 is 0. The van der Waals surface area contributed by atoms with Gasteiger partial charge in [0, 0.05) is 13.1 Å². The maximum atomic E-state index is 13.0. The number of nitrogens with zero attached hydrogens (tertiary/aromatic N) is 2. The van der Waals surface area contributed by atoms with E-state index in [2.05, 4.69) is 27.4 Å². The fourth-order valence-corrected chi connectivity index (χ4v) is 2.01. The van der Waals surface area contributed by atoms with E-state index in [1.807, 2.05) is 33.2 Å². The maximum Gasteiger partial charge on any atom is 0.191 e. The molecule has 0 bridgehead atoms. The first-order valence-corrected chi connectivity index (χ1v) is 7.52. The summed E-state index contributed by atoms with van der Waals surface area (Å²) in [5, 5.41) is 6.52. The number of guanidine groups is 1. The van der Waals surface area contributed by atoms with Crippen LogP contribution in [0.5, 0.6) is 0 Å². The summed E-state index contributed by atoms with van der Waals surface area (Å²) in [7, 11) is 4.02. The highest BCUT2D eigenvalue weighted by Crippen LogP contribution is 2.18. The summed E-state index contributed by atoms with van der Waals surface area (Å²) in [4.78, 5) is 6.73. The van der Waals surface area contributed by atoms with Crippen molar-refractivity contribution in [2.75, 3.05) is 33.7 Å². The zero-order valence-corrected chi connectivity index (χ0v) is 13.5. The summed E-state index contributed by atoms with van der Waals surface area (Å²) in [6, 6.07) is 6.76. The van der Waals surface area contributed by atoms with Crippen LogP contribution in [-0.2, 0) is 0 Å². The second kappa shape index (κ2) is 9.34. The Bertz CT molecular complexity index is 428. The summed E-state index contributed by atoms with van der Waals surface area (Å²) in [6.07, 6.45) is 1.06. The predicted octanol–water partition coefficient (Wildman–Crippen LogP) is 2.39. The molecule has 0 aliphatic carbocycles. The molecule has 1 unspecified atom stereocenters. The number of hydrogen-bond acceptors (Lipinski definition) is 2. The van der Waals surface area contributed by atoms with E-state index in [9.17, 15) is 4.39 Å². The molecule has 5 heteroatoms. The Kier molecular flexibility index (Phi) is 7.75. The van der Waals surface area contributed by atoms with Crippen molar-refractivity contribution in [2.24, 2.45) is 4.99 Å². The Hall–Kier alpha value is -1.62. The van der Waals surface area contributed by atoms with Crippen molar-refractivity contribution in [1.82, 2.24) is 15.5 Å². The summed E-state index contributed by atoms with van der Waals surface area (Å²) < 4.78 is 13.0. The van der Waals surface area contributed by atoms with Crippen LogP contribution < -0.4 is 10.6 Å². The standard InChI is InChI=1S/C16H27FN4/c1-5-11-19-16(18-6-2)20-12-15(21(3)4)13-7-9-14(17)10-8-13/h7-10,15H,5-6,11-12H2,1-4H3,(H2,18,19,20). The number of rotatable bonds is 7. The first kappa shape index (κ1) is 17.4. The number of likely N-dealkylation sites (N-methyl/N-ethyl adjacent to an activating group) is 1. The first-order chi connectivity index (χ1) is 10.1. The Morgan fingerprint density at radius 1 is 1.19 bits per heavy atom. The molecule has 4 nitrogen and oxygen atoms in total. The van der Waals surface area contributed by atoms with Crippen LogP contribution in [0.25, 0.3) is 0 Å². The van der Waals surface area contributed by atoms with E-state index in [0.717, 1.165) is 31.0 Å². The molecule has 0 radical (unpaired) electrons. The van der Waals surface area contributed by atoms with Gasteiger partial charge in [0.15, 0.2) is 5.96 Å². The fourth-order valence-electron chi connectivity index (χ4n) is 2.01. The van der Waals surface area contributed by atoms with E-state index < -0.39 is 0 Å². The van der Waals surface area contributed by atoms with Crippen LogP contribution in [0.4, 0.5) is 4.39 Å². The number of nitrogens with one attached hydrogen (secondary N) is 2. The Balaban J connectivity index is 2.78. The van der Waals surface area contributed by atoms with E-state index in [0.29, 0.717) is 6.54 Å². The highest BCUT2D eigenvalue weighted by atomic mass is 19.1. The number of halogens is 1. The van der Waals surface area contributed by atoms with E-state index in [1.165, 1.54) is 12.1 Å². The molecule has 0 spiro atoms. The van der Waals surface area contributed by atoms with Crippen LogP contribution in [0.3, 0.4) is 0 Å². The molecule has 21 heavy (non-hydrogen) atoms. The smallest absolute Gasteiger partial charge is 0.191 e. The van der Waals surface area contributed by atoms with Gasteiger partial charge in [0.2, 0.25) is 0 Å². The Morgan fingerprint density at radius 3 is 2.38 bits per heavy atom. The van der Waals surface area contributed by atoms with Crippen LogP contribution in [0, 0.1) is 5.82 Å². The molecule has 1 atom stereocenters. The maximum absolute atomic E-state index is 13.0. The minimum atomic E-state index is -0.210. The molecular formula is C16H27FN4. The van der Waals surface area contributed by atoms with Crippen molar-refractivity contribution in [3.63, 3.8) is 0 Å². The molecule has 0 aromatic heterocycles. The van der Waals surface area contributed by atoms with Crippen LogP contribution in [0.1, 0.15) is 31.9 Å². The minimum Gasteiger partial charge on any atom is -0.357 e. The molecule has 1 aromatic rings. The topological polar surface area (TPSA) is 39.7 Å². The first-order valence-electron chi connectivity index (χ1n) is 7.52. The molecule has 2 N–H and O–H groups in total. The lowest BCUT2D eigenvalue weighted by molar-refractivity contribution is 0.306. The summed E-state index contributed by atoms with van der Waals surface area (Å²) in [6.45, 7) is 6.52. The van der Waals surface area contributed by atoms with E-state index in [-0.39, 0.29) is 11.9 Å². The molecule has 0 saturated carbocycles. The van der Waals surface area contributed by atoms with Crippen molar-refractivity contribution in [2.45, 2.75) is 26.3 Å². The zero-order chi connectivity index (χ0) is 15.7. The SMILES string of the molecule is CCCNC(=NCC(c1ccc(F)cc1)N(C)C)NCC. The van der Waals surface area contributed by atoms with Crippen molar-refractivity contribution in [3.8, 4) is 0 Å². The Morgan fingerprint density at radius 2 is 1.86 bits per heavy atom. The highest BCUT2D eigenvalue weighted by molar-refractivity contribution is 5.79. The minimum absolute atomic E-state index is 0.127. The molecule has 1 aromatic carbocycles. The molecule has 0 aliphatic rings. The zero-order valence-electron chi connectivity index (χ0n) is 13.5. The van der Waals surface area contributed by atoms with Gasteiger partial charge in [-0.05, 0) is 45.1 Å². The van der Waals surface area contributed by atoms with Gasteiger partial charge in [0.05, 0.1) is 12.6 Å². The molecular weight excluding hydrogens is 267 g/mol. The van der Waals surface area contributed by atoms with Gasteiger partial charge in [-0.25, -0.2) is 4.39 Å². The van der Waals surface area contributed by atoms with Gasteiger partial charge in [-0.15, -0.1) is 0 Å². The number of hydrogen-bond donors (Lipinski definition) is 2.